The van der Waals surface area contributed by atoms with E-state index in [9.17, 15) is 27.2 Å². The molecular weight excluding hydrogens is 624 g/mol. The van der Waals surface area contributed by atoms with Crippen molar-refractivity contribution in [2.24, 2.45) is 0 Å². The molecule has 1 aliphatic heterocycles. The Hall–Kier alpha value is -5.16. The molecule has 0 saturated carbocycles. The van der Waals surface area contributed by atoms with Crippen molar-refractivity contribution in [3.05, 3.63) is 137 Å². The molecule has 1 spiro atoms. The number of fused-ring (bicyclic) bond motifs is 4. The number of benzene rings is 3. The molecule has 0 fully saturated rings. The summed E-state index contributed by atoms with van der Waals surface area (Å²) < 4.78 is 63.5. The SMILES string of the molecule is CC(OCc1ccccc1)(C(=O)N(Cc1cccc(F)c1)Cc1cnc2cc3c(cc2c1)C[C@@]1(C3)C(=O)Nc2ncccc21)C(F)(F)F. The molecule has 2 aliphatic rings. The minimum atomic E-state index is -5.06. The zero-order valence-electron chi connectivity index (χ0n) is 25.9. The number of rotatable bonds is 8. The number of nitrogens with zero attached hydrogens (tertiary/aromatic N) is 3. The second kappa shape index (κ2) is 11.8. The minimum absolute atomic E-state index is 0.112. The topological polar surface area (TPSA) is 84.4 Å². The van der Waals surface area contributed by atoms with E-state index >= 15 is 0 Å². The van der Waals surface area contributed by atoms with E-state index in [1.807, 2.05) is 24.3 Å². The molecule has 0 saturated heterocycles. The molecule has 7 nitrogen and oxygen atoms in total. The molecular formula is C37H30F4N4O3. The first-order valence-corrected chi connectivity index (χ1v) is 15.4. The van der Waals surface area contributed by atoms with Crippen LogP contribution >= 0.6 is 0 Å². The molecule has 3 aromatic carbocycles. The lowest BCUT2D eigenvalue weighted by atomic mass is 9.79. The molecule has 2 atom stereocenters. The molecule has 48 heavy (non-hydrogen) atoms. The lowest BCUT2D eigenvalue weighted by Crippen LogP contribution is -2.57. The maximum absolute atomic E-state index is 14.7. The summed E-state index contributed by atoms with van der Waals surface area (Å²) in [7, 11) is 0. The molecule has 11 heteroatoms. The molecule has 1 aliphatic carbocycles. The van der Waals surface area contributed by atoms with E-state index < -0.39 is 35.5 Å². The fraction of sp³-hybridized carbons (Fsp3) is 0.243. The van der Waals surface area contributed by atoms with Crippen LogP contribution in [0.3, 0.4) is 0 Å². The molecule has 3 heterocycles. The van der Waals surface area contributed by atoms with Gasteiger partial charge < -0.3 is 15.0 Å². The number of nitrogens with one attached hydrogen (secondary N) is 1. The van der Waals surface area contributed by atoms with Crippen LogP contribution in [0.2, 0.25) is 0 Å². The number of alkyl halides is 3. The fourth-order valence-corrected chi connectivity index (χ4v) is 6.68. The first-order chi connectivity index (χ1) is 22.9. The second-order valence-corrected chi connectivity index (χ2v) is 12.5. The van der Waals surface area contributed by atoms with Crippen LogP contribution in [-0.4, -0.2) is 38.5 Å². The van der Waals surface area contributed by atoms with E-state index in [0.29, 0.717) is 46.3 Å². The first kappa shape index (κ1) is 31.4. The zero-order valence-corrected chi connectivity index (χ0v) is 25.9. The van der Waals surface area contributed by atoms with Gasteiger partial charge in [0, 0.05) is 36.4 Å². The Labute approximate surface area is 273 Å². The van der Waals surface area contributed by atoms with E-state index in [4.69, 9.17) is 4.74 Å². The van der Waals surface area contributed by atoms with Gasteiger partial charge in [-0.15, -0.1) is 0 Å². The molecule has 7 rings (SSSR count). The van der Waals surface area contributed by atoms with Gasteiger partial charge in [0.05, 0.1) is 17.5 Å². The number of ether oxygens (including phenoxy) is 1. The highest BCUT2D eigenvalue weighted by Gasteiger charge is 2.59. The molecule has 1 unspecified atom stereocenters. The van der Waals surface area contributed by atoms with Gasteiger partial charge in [0.15, 0.2) is 0 Å². The quantitative estimate of drug-likeness (QED) is 0.186. The highest BCUT2D eigenvalue weighted by molar-refractivity contribution is 6.06. The lowest BCUT2D eigenvalue weighted by Gasteiger charge is -2.36. The average Bonchev–Trinajstić information content (AvgIpc) is 3.57. The van der Waals surface area contributed by atoms with Crippen LogP contribution in [0.15, 0.2) is 97.3 Å². The molecule has 2 amide bonds. The van der Waals surface area contributed by atoms with Gasteiger partial charge in [-0.05, 0) is 84.0 Å². The summed E-state index contributed by atoms with van der Waals surface area (Å²) in [5, 5.41) is 3.61. The van der Waals surface area contributed by atoms with E-state index in [1.165, 1.54) is 24.4 Å². The van der Waals surface area contributed by atoms with Crippen LogP contribution in [0.4, 0.5) is 23.4 Å². The van der Waals surface area contributed by atoms with Gasteiger partial charge in [0.25, 0.3) is 5.91 Å². The summed E-state index contributed by atoms with van der Waals surface area (Å²) in [6.07, 6.45) is -0.962. The molecule has 2 aromatic heterocycles. The largest absolute Gasteiger partial charge is 0.426 e. The third kappa shape index (κ3) is 5.57. The summed E-state index contributed by atoms with van der Waals surface area (Å²) in [6, 6.07) is 23.0. The summed E-state index contributed by atoms with van der Waals surface area (Å²) in [6.45, 7) is -0.272. The van der Waals surface area contributed by atoms with E-state index in [1.54, 1.807) is 48.7 Å². The standard InChI is InChI=1S/C37H30F4N4O3/c1-35(37(39,40)41,48-22-23-7-3-2-4-8-23)34(47)45(20-24-9-5-10-29(38)14-24)21-25-13-26-15-27-17-36(18-28(27)16-31(26)43-19-25)30-11-6-12-42-32(30)44-33(36)46/h2-16,19H,17-18,20-22H2,1H3,(H,42,44,46)/t35?,36-/m0/s1. The number of carbonyl (C=O) groups is 2. The second-order valence-electron chi connectivity index (χ2n) is 12.5. The van der Waals surface area contributed by atoms with Crippen molar-refractivity contribution in [1.29, 1.82) is 0 Å². The minimum Gasteiger partial charge on any atom is -0.352 e. The first-order valence-electron chi connectivity index (χ1n) is 15.4. The summed E-state index contributed by atoms with van der Waals surface area (Å²) in [5.74, 6) is -1.45. The van der Waals surface area contributed by atoms with Crippen LogP contribution < -0.4 is 5.32 Å². The van der Waals surface area contributed by atoms with Crippen LogP contribution in [-0.2, 0) is 52.3 Å². The van der Waals surface area contributed by atoms with Crippen molar-refractivity contribution in [2.45, 2.75) is 56.7 Å². The van der Waals surface area contributed by atoms with E-state index in [0.717, 1.165) is 28.5 Å². The van der Waals surface area contributed by atoms with Crippen molar-refractivity contribution < 1.29 is 31.9 Å². The Morgan fingerprint density at radius 2 is 1.62 bits per heavy atom. The molecule has 244 valence electrons. The maximum Gasteiger partial charge on any atom is 0.426 e. The van der Waals surface area contributed by atoms with Gasteiger partial charge in [-0.3, -0.25) is 14.6 Å². The third-order valence-corrected chi connectivity index (χ3v) is 9.28. The van der Waals surface area contributed by atoms with Crippen LogP contribution in [0.25, 0.3) is 10.9 Å². The van der Waals surface area contributed by atoms with Crippen molar-refractivity contribution in [3.8, 4) is 0 Å². The van der Waals surface area contributed by atoms with Gasteiger partial charge in [0.2, 0.25) is 11.5 Å². The number of aromatic nitrogens is 2. The van der Waals surface area contributed by atoms with Crippen molar-refractivity contribution >= 4 is 28.5 Å². The summed E-state index contributed by atoms with van der Waals surface area (Å²) in [5.41, 5.74) is 0.726. The Kier molecular flexibility index (Phi) is 7.74. The van der Waals surface area contributed by atoms with Crippen molar-refractivity contribution in [2.75, 3.05) is 5.32 Å². The van der Waals surface area contributed by atoms with E-state index in [-0.39, 0.29) is 19.0 Å². The van der Waals surface area contributed by atoms with E-state index in [2.05, 4.69) is 15.3 Å². The predicted molar refractivity (Wildman–Crippen MR) is 170 cm³/mol. The molecule has 5 aromatic rings. The number of carbonyl (C=O) groups excluding carboxylic acids is 2. The molecule has 1 N–H and O–H groups in total. The highest BCUT2D eigenvalue weighted by Crippen LogP contribution is 2.47. The van der Waals surface area contributed by atoms with Crippen LogP contribution in [0.5, 0.6) is 0 Å². The smallest absolute Gasteiger partial charge is 0.352 e. The van der Waals surface area contributed by atoms with Crippen LogP contribution in [0.1, 0.15) is 40.3 Å². The zero-order chi connectivity index (χ0) is 33.7. The molecule has 0 bridgehead atoms. The van der Waals surface area contributed by atoms with Gasteiger partial charge >= 0.3 is 6.18 Å². The Bertz CT molecular complexity index is 2050. The molecule has 0 radical (unpaired) electrons. The Morgan fingerprint density at radius 1 is 0.896 bits per heavy atom. The normalized spacial score (nSPS) is 18.0. The predicted octanol–water partition coefficient (Wildman–Crippen LogP) is 6.82. The lowest BCUT2D eigenvalue weighted by molar-refractivity contribution is -0.269. The number of hydrogen-bond donors (Lipinski definition) is 1. The fourth-order valence-electron chi connectivity index (χ4n) is 6.68. The van der Waals surface area contributed by atoms with Gasteiger partial charge in [0.1, 0.15) is 11.6 Å². The van der Waals surface area contributed by atoms with Crippen LogP contribution in [0, 0.1) is 5.82 Å². The number of pyridine rings is 2. The van der Waals surface area contributed by atoms with Crippen molar-refractivity contribution in [1.82, 2.24) is 14.9 Å². The maximum atomic E-state index is 14.7. The summed E-state index contributed by atoms with van der Waals surface area (Å²) >= 11 is 0. The highest BCUT2D eigenvalue weighted by atomic mass is 19.4. The Balaban J connectivity index is 1.21. The van der Waals surface area contributed by atoms with Gasteiger partial charge in [-0.1, -0.05) is 48.5 Å². The van der Waals surface area contributed by atoms with Crippen molar-refractivity contribution in [3.63, 3.8) is 0 Å². The Morgan fingerprint density at radius 3 is 2.38 bits per heavy atom. The average molecular weight is 655 g/mol. The number of hydrogen-bond acceptors (Lipinski definition) is 5. The number of amides is 2. The van der Waals surface area contributed by atoms with Gasteiger partial charge in [-0.25, -0.2) is 9.37 Å². The van der Waals surface area contributed by atoms with Gasteiger partial charge in [-0.2, -0.15) is 13.2 Å². The number of anilines is 1. The number of halogens is 4. The summed E-state index contributed by atoms with van der Waals surface area (Å²) in [4.78, 5) is 37.1. The monoisotopic (exact) mass is 654 g/mol. The third-order valence-electron chi connectivity index (χ3n) is 9.28.